The van der Waals surface area contributed by atoms with Gasteiger partial charge in [0.05, 0.1) is 5.69 Å². The standard InChI is InChI=1S/C23H28N4OS/c1-15-6-11-19-20(24)21(29-23(19)26-15)22(28)25-13-12-17-7-9-18(10-8-17)27-14-4-3-5-16(27)2/h6-11,16H,3-5,12-14,24H2,1-2H3,(H,25,28)/t16-/m0/s1. The second kappa shape index (κ2) is 8.41. The number of nitrogen functional groups attached to an aromatic ring is 1. The number of anilines is 2. The van der Waals surface area contributed by atoms with E-state index >= 15 is 0 Å². The Hall–Kier alpha value is -2.60. The van der Waals surface area contributed by atoms with Gasteiger partial charge in [-0.15, -0.1) is 11.3 Å². The van der Waals surface area contributed by atoms with Crippen molar-refractivity contribution < 1.29 is 4.79 Å². The van der Waals surface area contributed by atoms with Crippen molar-refractivity contribution in [3.63, 3.8) is 0 Å². The first-order valence-electron chi connectivity index (χ1n) is 10.3. The van der Waals surface area contributed by atoms with Gasteiger partial charge < -0.3 is 16.0 Å². The van der Waals surface area contributed by atoms with Crippen molar-refractivity contribution in [3.05, 3.63) is 52.5 Å². The first-order chi connectivity index (χ1) is 14.0. The number of nitrogens with one attached hydrogen (secondary N) is 1. The van der Waals surface area contributed by atoms with Crippen LogP contribution < -0.4 is 16.0 Å². The molecule has 1 amide bonds. The Balaban J connectivity index is 1.35. The number of amides is 1. The largest absolute Gasteiger partial charge is 0.397 e. The molecule has 6 heteroatoms. The van der Waals surface area contributed by atoms with Gasteiger partial charge in [-0.05, 0) is 69.4 Å². The monoisotopic (exact) mass is 408 g/mol. The van der Waals surface area contributed by atoms with Gasteiger partial charge in [0.2, 0.25) is 0 Å². The minimum Gasteiger partial charge on any atom is -0.397 e. The highest BCUT2D eigenvalue weighted by atomic mass is 32.1. The number of nitrogens with two attached hydrogens (primary N) is 1. The summed E-state index contributed by atoms with van der Waals surface area (Å²) in [5.41, 5.74) is 10.1. The lowest BCUT2D eigenvalue weighted by atomic mass is 10.0. The Morgan fingerprint density at radius 3 is 2.79 bits per heavy atom. The molecular weight excluding hydrogens is 380 g/mol. The number of benzene rings is 1. The molecule has 3 heterocycles. The van der Waals surface area contributed by atoms with Crippen molar-refractivity contribution in [1.29, 1.82) is 0 Å². The van der Waals surface area contributed by atoms with Crippen LogP contribution in [0.1, 0.15) is 47.1 Å². The predicted molar refractivity (Wildman–Crippen MR) is 122 cm³/mol. The summed E-state index contributed by atoms with van der Waals surface area (Å²) in [7, 11) is 0. The van der Waals surface area contributed by atoms with Crippen LogP contribution in [-0.2, 0) is 6.42 Å². The van der Waals surface area contributed by atoms with Crippen molar-refractivity contribution in [3.8, 4) is 0 Å². The predicted octanol–water partition coefficient (Wildman–Crippen LogP) is 4.54. The number of carbonyl (C=O) groups is 1. The summed E-state index contributed by atoms with van der Waals surface area (Å²) >= 11 is 1.36. The number of carbonyl (C=O) groups excluding carboxylic acids is 1. The molecule has 1 aliphatic rings. The summed E-state index contributed by atoms with van der Waals surface area (Å²) in [5, 5.41) is 3.86. The highest BCUT2D eigenvalue weighted by molar-refractivity contribution is 7.21. The number of thiophene rings is 1. The molecule has 3 N–H and O–H groups in total. The molecule has 3 aromatic rings. The van der Waals surface area contributed by atoms with Gasteiger partial charge >= 0.3 is 0 Å². The number of pyridine rings is 1. The summed E-state index contributed by atoms with van der Waals surface area (Å²) in [4.78, 5) is 20.9. The lowest BCUT2D eigenvalue weighted by Gasteiger charge is -2.35. The molecule has 1 aliphatic heterocycles. The third kappa shape index (κ3) is 4.22. The molecule has 152 valence electrons. The van der Waals surface area contributed by atoms with Gasteiger partial charge in [0.25, 0.3) is 5.91 Å². The molecule has 0 spiro atoms. The molecule has 5 nitrogen and oxygen atoms in total. The van der Waals surface area contributed by atoms with E-state index in [1.165, 1.54) is 41.9 Å². The quantitative estimate of drug-likeness (QED) is 0.650. The normalized spacial score (nSPS) is 16.9. The molecule has 0 radical (unpaired) electrons. The third-order valence-electron chi connectivity index (χ3n) is 5.71. The average molecular weight is 409 g/mol. The van der Waals surface area contributed by atoms with Gasteiger partial charge in [-0.1, -0.05) is 12.1 Å². The summed E-state index contributed by atoms with van der Waals surface area (Å²) in [6.45, 7) is 5.96. The molecule has 0 saturated carbocycles. The zero-order valence-corrected chi connectivity index (χ0v) is 17.9. The van der Waals surface area contributed by atoms with Gasteiger partial charge in [-0.2, -0.15) is 0 Å². The maximum atomic E-state index is 12.6. The summed E-state index contributed by atoms with van der Waals surface area (Å²) in [6.07, 6.45) is 4.66. The summed E-state index contributed by atoms with van der Waals surface area (Å²) < 4.78 is 0. The van der Waals surface area contributed by atoms with Crippen LogP contribution in [-0.4, -0.2) is 30.0 Å². The van der Waals surface area contributed by atoms with E-state index in [1.807, 2.05) is 19.1 Å². The Labute approximate surface area is 175 Å². The Bertz CT molecular complexity index is 1010. The average Bonchev–Trinajstić information content (AvgIpc) is 3.05. The van der Waals surface area contributed by atoms with Crippen molar-refractivity contribution >= 4 is 38.8 Å². The molecule has 0 bridgehead atoms. The third-order valence-corrected chi connectivity index (χ3v) is 6.82. The minimum atomic E-state index is -0.123. The fourth-order valence-corrected chi connectivity index (χ4v) is 5.05. The zero-order valence-electron chi connectivity index (χ0n) is 17.1. The van der Waals surface area contributed by atoms with E-state index in [0.717, 1.165) is 28.9 Å². The van der Waals surface area contributed by atoms with Gasteiger partial charge in [0.15, 0.2) is 0 Å². The Kier molecular flexibility index (Phi) is 5.72. The maximum Gasteiger partial charge on any atom is 0.263 e. The summed E-state index contributed by atoms with van der Waals surface area (Å²) in [6, 6.07) is 13.2. The van der Waals surface area contributed by atoms with Crippen molar-refractivity contribution in [2.24, 2.45) is 0 Å². The number of aryl methyl sites for hydroxylation is 1. The fraction of sp³-hybridized carbons (Fsp3) is 0.391. The Morgan fingerprint density at radius 2 is 2.03 bits per heavy atom. The number of aromatic nitrogens is 1. The molecule has 29 heavy (non-hydrogen) atoms. The van der Waals surface area contributed by atoms with Gasteiger partial charge in [0, 0.05) is 35.9 Å². The second-order valence-electron chi connectivity index (χ2n) is 7.86. The molecule has 0 aliphatic carbocycles. The number of nitrogens with zero attached hydrogens (tertiary/aromatic N) is 2. The number of fused-ring (bicyclic) bond motifs is 1. The molecule has 2 aromatic heterocycles. The zero-order chi connectivity index (χ0) is 20.4. The molecular formula is C23H28N4OS. The van der Waals surface area contributed by atoms with Crippen LogP contribution >= 0.6 is 11.3 Å². The van der Waals surface area contributed by atoms with E-state index in [4.69, 9.17) is 5.73 Å². The van der Waals surface area contributed by atoms with Crippen LogP contribution in [0.15, 0.2) is 36.4 Å². The topological polar surface area (TPSA) is 71.2 Å². The molecule has 0 unspecified atom stereocenters. The number of rotatable bonds is 5. The molecule has 1 saturated heterocycles. The molecule has 1 fully saturated rings. The number of piperidine rings is 1. The highest BCUT2D eigenvalue weighted by Gasteiger charge is 2.19. The maximum absolute atomic E-state index is 12.6. The first kappa shape index (κ1) is 19.7. The second-order valence-corrected chi connectivity index (χ2v) is 8.86. The van der Waals surface area contributed by atoms with Crippen molar-refractivity contribution in [2.45, 2.75) is 45.6 Å². The van der Waals surface area contributed by atoms with Crippen LogP contribution in [0.2, 0.25) is 0 Å². The van der Waals surface area contributed by atoms with Gasteiger partial charge in [-0.3, -0.25) is 4.79 Å². The van der Waals surface area contributed by atoms with Crippen LogP contribution in [0, 0.1) is 6.92 Å². The minimum absolute atomic E-state index is 0.123. The highest BCUT2D eigenvalue weighted by Crippen LogP contribution is 2.32. The first-order valence-corrected chi connectivity index (χ1v) is 11.1. The number of hydrogen-bond acceptors (Lipinski definition) is 5. The summed E-state index contributed by atoms with van der Waals surface area (Å²) in [5.74, 6) is -0.123. The van der Waals surface area contributed by atoms with Crippen LogP contribution in [0.4, 0.5) is 11.4 Å². The van der Waals surface area contributed by atoms with E-state index in [2.05, 4.69) is 46.4 Å². The van der Waals surface area contributed by atoms with Crippen molar-refractivity contribution in [1.82, 2.24) is 10.3 Å². The van der Waals surface area contributed by atoms with E-state index in [-0.39, 0.29) is 5.91 Å². The molecule has 1 aromatic carbocycles. The number of hydrogen-bond donors (Lipinski definition) is 2. The molecule has 1 atom stereocenters. The SMILES string of the molecule is Cc1ccc2c(N)c(C(=O)NCCc3ccc(N4CCCC[C@@H]4C)cc3)sc2n1. The van der Waals surface area contributed by atoms with Crippen LogP contribution in [0.5, 0.6) is 0 Å². The van der Waals surface area contributed by atoms with Crippen LogP contribution in [0.3, 0.4) is 0 Å². The van der Waals surface area contributed by atoms with Crippen LogP contribution in [0.25, 0.3) is 10.2 Å². The van der Waals surface area contributed by atoms with E-state index in [9.17, 15) is 4.79 Å². The lowest BCUT2D eigenvalue weighted by molar-refractivity contribution is 0.0959. The van der Waals surface area contributed by atoms with E-state index < -0.39 is 0 Å². The molecule has 4 rings (SSSR count). The van der Waals surface area contributed by atoms with Crippen molar-refractivity contribution in [2.75, 3.05) is 23.7 Å². The van der Waals surface area contributed by atoms with Gasteiger partial charge in [0.1, 0.15) is 9.71 Å². The fourth-order valence-electron chi connectivity index (χ4n) is 3.99. The van der Waals surface area contributed by atoms with Gasteiger partial charge in [-0.25, -0.2) is 4.98 Å². The van der Waals surface area contributed by atoms with E-state index in [0.29, 0.717) is 23.2 Å². The smallest absolute Gasteiger partial charge is 0.263 e. The lowest BCUT2D eigenvalue weighted by Crippen LogP contribution is -2.37. The van der Waals surface area contributed by atoms with E-state index in [1.54, 1.807) is 0 Å². The Morgan fingerprint density at radius 1 is 1.24 bits per heavy atom.